The number of benzene rings is 1. The van der Waals surface area contributed by atoms with Crippen LogP contribution in [0, 0.1) is 6.92 Å². The molecule has 2 heterocycles. The number of carbonyl (C=O) groups is 2. The van der Waals surface area contributed by atoms with Crippen LogP contribution in [-0.2, 0) is 6.18 Å². The molecule has 10 heteroatoms. The second-order valence-corrected chi connectivity index (χ2v) is 8.24. The third-order valence-electron chi connectivity index (χ3n) is 5.32. The first-order valence-corrected chi connectivity index (χ1v) is 11.0. The average Bonchev–Trinajstić information content (AvgIpc) is 3.15. The number of piperazine rings is 1. The highest BCUT2D eigenvalue weighted by molar-refractivity contribution is 7.17. The summed E-state index contributed by atoms with van der Waals surface area (Å²) in [5.41, 5.74) is 0.360. The number of nitrogens with zero attached hydrogens (tertiary/aromatic N) is 4. The van der Waals surface area contributed by atoms with Gasteiger partial charge in [-0.1, -0.05) is 12.1 Å². The molecule has 6 nitrogen and oxygen atoms in total. The first-order valence-electron chi connectivity index (χ1n) is 10.1. The van der Waals surface area contributed by atoms with Crippen LogP contribution in [0.25, 0.3) is 10.6 Å². The lowest BCUT2D eigenvalue weighted by molar-refractivity contribution is -0.137. The molecule has 3 rings (SSSR count). The zero-order valence-corrected chi connectivity index (χ0v) is 18.5. The summed E-state index contributed by atoms with van der Waals surface area (Å²) in [6.45, 7) is 8.65. The average molecular weight is 455 g/mol. The first kappa shape index (κ1) is 23.1. The first-order chi connectivity index (χ1) is 14.7. The highest BCUT2D eigenvalue weighted by atomic mass is 32.1. The van der Waals surface area contributed by atoms with Crippen LogP contribution in [0.15, 0.2) is 24.3 Å². The molecule has 0 saturated carbocycles. The van der Waals surface area contributed by atoms with Crippen molar-refractivity contribution < 1.29 is 22.8 Å². The highest BCUT2D eigenvalue weighted by Gasteiger charge is 2.31. The molecule has 31 heavy (non-hydrogen) atoms. The van der Waals surface area contributed by atoms with Crippen LogP contribution >= 0.6 is 11.3 Å². The standard InChI is InChI=1S/C21H25F3N4O2S/c1-4-26(5-2)20(30)28-12-10-27(11-13-28)19(29)17-14(3)25-18(31-17)15-6-8-16(9-7-15)21(22,23)24/h6-9H,4-5,10-13H2,1-3H3. The number of carbonyl (C=O) groups excluding carboxylic acids is 2. The minimum absolute atomic E-state index is 0.0179. The van der Waals surface area contributed by atoms with Gasteiger partial charge in [0, 0.05) is 44.8 Å². The second kappa shape index (κ2) is 9.25. The quantitative estimate of drug-likeness (QED) is 0.690. The van der Waals surface area contributed by atoms with E-state index in [1.54, 1.807) is 21.6 Å². The molecule has 1 fully saturated rings. The Balaban J connectivity index is 1.68. The van der Waals surface area contributed by atoms with E-state index in [0.717, 1.165) is 12.1 Å². The van der Waals surface area contributed by atoms with Gasteiger partial charge in [-0.3, -0.25) is 4.79 Å². The Morgan fingerprint density at radius 2 is 1.58 bits per heavy atom. The molecule has 3 amide bonds. The maximum absolute atomic E-state index is 13.0. The van der Waals surface area contributed by atoms with Crippen LogP contribution in [0.3, 0.4) is 0 Å². The molecule has 0 N–H and O–H groups in total. The third kappa shape index (κ3) is 5.00. The number of amides is 3. The van der Waals surface area contributed by atoms with Gasteiger partial charge in [0.15, 0.2) is 0 Å². The third-order valence-corrected chi connectivity index (χ3v) is 6.52. The SMILES string of the molecule is CCN(CC)C(=O)N1CCN(C(=O)c2sc(-c3ccc(C(F)(F)F)cc3)nc2C)CC1. The van der Waals surface area contributed by atoms with Crippen molar-refractivity contribution in [2.75, 3.05) is 39.3 Å². The fourth-order valence-electron chi connectivity index (χ4n) is 3.46. The summed E-state index contributed by atoms with van der Waals surface area (Å²) < 4.78 is 38.3. The van der Waals surface area contributed by atoms with Crippen molar-refractivity contribution in [3.63, 3.8) is 0 Å². The Kier molecular flexibility index (Phi) is 6.88. The van der Waals surface area contributed by atoms with E-state index in [0.29, 0.717) is 60.4 Å². The second-order valence-electron chi connectivity index (χ2n) is 7.24. The smallest absolute Gasteiger partial charge is 0.334 e. The summed E-state index contributed by atoms with van der Waals surface area (Å²) in [4.78, 5) is 35.6. The number of thiazole rings is 1. The maximum atomic E-state index is 13.0. The van der Waals surface area contributed by atoms with Gasteiger partial charge in [-0.05, 0) is 32.9 Å². The maximum Gasteiger partial charge on any atom is 0.416 e. The summed E-state index contributed by atoms with van der Waals surface area (Å²) in [6, 6.07) is 4.75. The number of aryl methyl sites for hydroxylation is 1. The van der Waals surface area contributed by atoms with Gasteiger partial charge < -0.3 is 14.7 Å². The van der Waals surface area contributed by atoms with E-state index in [1.807, 2.05) is 13.8 Å². The van der Waals surface area contributed by atoms with Gasteiger partial charge >= 0.3 is 12.2 Å². The summed E-state index contributed by atoms with van der Waals surface area (Å²) in [7, 11) is 0. The molecule has 0 bridgehead atoms. The van der Waals surface area contributed by atoms with Crippen LogP contribution in [0.4, 0.5) is 18.0 Å². The van der Waals surface area contributed by atoms with Gasteiger partial charge in [0.1, 0.15) is 9.88 Å². The Hall–Kier alpha value is -2.62. The van der Waals surface area contributed by atoms with Gasteiger partial charge in [-0.15, -0.1) is 11.3 Å². The van der Waals surface area contributed by atoms with Crippen LogP contribution in [0.1, 0.15) is 34.8 Å². The van der Waals surface area contributed by atoms with Gasteiger partial charge in [0.25, 0.3) is 5.91 Å². The fourth-order valence-corrected chi connectivity index (χ4v) is 4.50. The molecule has 1 saturated heterocycles. The molecule has 1 aliphatic heterocycles. The molecular weight excluding hydrogens is 429 g/mol. The molecular formula is C21H25F3N4O2S. The summed E-state index contributed by atoms with van der Waals surface area (Å²) in [6.07, 6.45) is -4.40. The molecule has 1 aliphatic rings. The largest absolute Gasteiger partial charge is 0.416 e. The van der Waals surface area contributed by atoms with E-state index in [-0.39, 0.29) is 11.9 Å². The molecule has 0 radical (unpaired) electrons. The zero-order valence-electron chi connectivity index (χ0n) is 17.7. The van der Waals surface area contributed by atoms with Crippen molar-refractivity contribution in [2.24, 2.45) is 0 Å². The van der Waals surface area contributed by atoms with Crippen molar-refractivity contribution in [2.45, 2.75) is 26.9 Å². The zero-order chi connectivity index (χ0) is 22.8. The fraction of sp³-hybridized carbons (Fsp3) is 0.476. The Bertz CT molecular complexity index is 931. The highest BCUT2D eigenvalue weighted by Crippen LogP contribution is 2.33. The van der Waals surface area contributed by atoms with Crippen molar-refractivity contribution in [3.05, 3.63) is 40.4 Å². The van der Waals surface area contributed by atoms with E-state index >= 15 is 0 Å². The van der Waals surface area contributed by atoms with Crippen LogP contribution in [-0.4, -0.2) is 70.9 Å². The van der Waals surface area contributed by atoms with Crippen molar-refractivity contribution >= 4 is 23.3 Å². The van der Waals surface area contributed by atoms with E-state index in [4.69, 9.17) is 0 Å². The van der Waals surface area contributed by atoms with E-state index in [2.05, 4.69) is 4.98 Å². The monoisotopic (exact) mass is 454 g/mol. The van der Waals surface area contributed by atoms with Crippen LogP contribution in [0.2, 0.25) is 0 Å². The van der Waals surface area contributed by atoms with Crippen LogP contribution in [0.5, 0.6) is 0 Å². The number of aromatic nitrogens is 1. The molecule has 0 unspecified atom stereocenters. The Labute approximate surface area is 183 Å². The summed E-state index contributed by atoms with van der Waals surface area (Å²) >= 11 is 1.17. The van der Waals surface area contributed by atoms with E-state index in [1.165, 1.54) is 23.5 Å². The number of halogens is 3. The number of alkyl halides is 3. The number of hydrogen-bond donors (Lipinski definition) is 0. The Morgan fingerprint density at radius 3 is 2.10 bits per heavy atom. The molecule has 168 valence electrons. The predicted molar refractivity (Wildman–Crippen MR) is 113 cm³/mol. The molecule has 2 aromatic rings. The van der Waals surface area contributed by atoms with Gasteiger partial charge in [-0.25, -0.2) is 9.78 Å². The predicted octanol–water partition coefficient (Wildman–Crippen LogP) is 4.36. The van der Waals surface area contributed by atoms with E-state index < -0.39 is 11.7 Å². The minimum atomic E-state index is -4.40. The molecule has 0 aliphatic carbocycles. The van der Waals surface area contributed by atoms with Crippen LogP contribution < -0.4 is 0 Å². The van der Waals surface area contributed by atoms with Gasteiger partial charge in [-0.2, -0.15) is 13.2 Å². The molecule has 0 atom stereocenters. The lowest BCUT2D eigenvalue weighted by Gasteiger charge is -2.37. The van der Waals surface area contributed by atoms with Crippen molar-refractivity contribution in [1.82, 2.24) is 19.7 Å². The number of hydrogen-bond acceptors (Lipinski definition) is 4. The molecule has 0 spiro atoms. The number of urea groups is 1. The van der Waals surface area contributed by atoms with Crippen molar-refractivity contribution in [3.8, 4) is 10.6 Å². The minimum Gasteiger partial charge on any atom is -0.334 e. The van der Waals surface area contributed by atoms with Crippen molar-refractivity contribution in [1.29, 1.82) is 0 Å². The normalized spacial score (nSPS) is 14.6. The molecule has 1 aromatic carbocycles. The lowest BCUT2D eigenvalue weighted by atomic mass is 10.1. The topological polar surface area (TPSA) is 56.8 Å². The molecule has 1 aromatic heterocycles. The lowest BCUT2D eigenvalue weighted by Crippen LogP contribution is -2.54. The van der Waals surface area contributed by atoms with E-state index in [9.17, 15) is 22.8 Å². The summed E-state index contributed by atoms with van der Waals surface area (Å²) in [5.74, 6) is -0.164. The number of rotatable bonds is 4. The van der Waals surface area contributed by atoms with Gasteiger partial charge in [0.05, 0.1) is 11.3 Å². The van der Waals surface area contributed by atoms with Gasteiger partial charge in [0.2, 0.25) is 0 Å². The summed E-state index contributed by atoms with van der Waals surface area (Å²) in [5, 5.41) is 0.505. The Morgan fingerprint density at radius 1 is 1.03 bits per heavy atom.